The number of benzene rings is 1. The largest absolute Gasteiger partial charge is 0.394 e. The van der Waals surface area contributed by atoms with E-state index >= 15 is 0 Å². The molecular formula is C12H15BrN2O5. The lowest BCUT2D eigenvalue weighted by Crippen LogP contribution is -2.42. The maximum absolute atomic E-state index is 9.97. The van der Waals surface area contributed by atoms with Gasteiger partial charge in [-0.25, -0.2) is 4.98 Å². The molecule has 0 saturated heterocycles. The molecule has 0 aliphatic rings. The van der Waals surface area contributed by atoms with Crippen molar-refractivity contribution < 1.29 is 25.5 Å². The number of imidazole rings is 1. The van der Waals surface area contributed by atoms with Gasteiger partial charge in [-0.3, -0.25) is 0 Å². The molecule has 0 amide bonds. The van der Waals surface area contributed by atoms with Gasteiger partial charge < -0.3 is 30.5 Å². The standard InChI is InChI=1S/C12H15BrN2O5/c13-5-1-2-6-7(3-5)15-12(14-6)11(20)10(19)9(18)8(17)4-16/h1-3,8-11,16-20H,4H2,(H,14,15)/t8?,9?,10?,11-/m1/s1. The molecule has 1 heterocycles. The molecule has 0 saturated carbocycles. The van der Waals surface area contributed by atoms with Gasteiger partial charge in [-0.05, 0) is 18.2 Å². The third-order valence-corrected chi connectivity index (χ3v) is 3.49. The molecule has 0 radical (unpaired) electrons. The molecule has 0 aliphatic heterocycles. The average molecular weight is 347 g/mol. The highest BCUT2D eigenvalue weighted by atomic mass is 79.9. The minimum Gasteiger partial charge on any atom is -0.394 e. The van der Waals surface area contributed by atoms with E-state index in [0.29, 0.717) is 11.0 Å². The van der Waals surface area contributed by atoms with Gasteiger partial charge in [0.25, 0.3) is 0 Å². The summed E-state index contributed by atoms with van der Waals surface area (Å²) in [6, 6.07) is 5.25. The number of rotatable bonds is 5. The first-order chi connectivity index (χ1) is 9.43. The summed E-state index contributed by atoms with van der Waals surface area (Å²) in [5, 5.41) is 47.3. The maximum Gasteiger partial charge on any atom is 0.140 e. The number of nitrogens with one attached hydrogen (secondary N) is 1. The maximum atomic E-state index is 9.97. The summed E-state index contributed by atoms with van der Waals surface area (Å²) in [7, 11) is 0. The van der Waals surface area contributed by atoms with Crippen LogP contribution >= 0.6 is 15.9 Å². The molecule has 7 nitrogen and oxygen atoms in total. The van der Waals surface area contributed by atoms with Crippen molar-refractivity contribution in [2.75, 3.05) is 6.61 Å². The van der Waals surface area contributed by atoms with E-state index in [-0.39, 0.29) is 5.82 Å². The molecule has 4 atom stereocenters. The summed E-state index contributed by atoms with van der Waals surface area (Å²) >= 11 is 3.30. The van der Waals surface area contributed by atoms with Gasteiger partial charge in [-0.15, -0.1) is 0 Å². The Morgan fingerprint density at radius 2 is 1.85 bits per heavy atom. The molecule has 6 N–H and O–H groups in total. The predicted molar refractivity (Wildman–Crippen MR) is 73.9 cm³/mol. The topological polar surface area (TPSA) is 130 Å². The van der Waals surface area contributed by atoms with Gasteiger partial charge in [0.05, 0.1) is 17.6 Å². The number of aromatic amines is 1. The van der Waals surface area contributed by atoms with Gasteiger partial charge in [0.2, 0.25) is 0 Å². The number of aromatic nitrogens is 2. The van der Waals surface area contributed by atoms with Crippen molar-refractivity contribution >= 4 is 27.0 Å². The fourth-order valence-corrected chi connectivity index (χ4v) is 2.19. The van der Waals surface area contributed by atoms with Crippen LogP contribution in [0.15, 0.2) is 22.7 Å². The number of H-pyrrole nitrogens is 1. The average Bonchev–Trinajstić information content (AvgIpc) is 2.86. The summed E-state index contributed by atoms with van der Waals surface area (Å²) in [6.07, 6.45) is -6.42. The van der Waals surface area contributed by atoms with E-state index in [2.05, 4.69) is 25.9 Å². The lowest BCUT2D eigenvalue weighted by molar-refractivity contribution is -0.117. The van der Waals surface area contributed by atoms with Crippen molar-refractivity contribution in [3.05, 3.63) is 28.5 Å². The van der Waals surface area contributed by atoms with Crippen LogP contribution in [-0.2, 0) is 0 Å². The lowest BCUT2D eigenvalue weighted by Gasteiger charge is -2.24. The number of fused-ring (bicyclic) bond motifs is 1. The summed E-state index contributed by atoms with van der Waals surface area (Å²) in [4.78, 5) is 6.92. The molecule has 1 aromatic heterocycles. The molecular weight excluding hydrogens is 332 g/mol. The van der Waals surface area contributed by atoms with Gasteiger partial charge >= 0.3 is 0 Å². The molecule has 0 aliphatic carbocycles. The highest BCUT2D eigenvalue weighted by molar-refractivity contribution is 9.10. The van der Waals surface area contributed by atoms with E-state index in [1.165, 1.54) is 0 Å². The second-order valence-corrected chi connectivity index (χ2v) is 5.38. The number of halogens is 1. The van der Waals surface area contributed by atoms with Gasteiger partial charge in [0.1, 0.15) is 30.2 Å². The zero-order chi connectivity index (χ0) is 14.9. The van der Waals surface area contributed by atoms with Gasteiger partial charge in [0, 0.05) is 4.47 Å². The minimum atomic E-state index is -1.69. The van der Waals surface area contributed by atoms with E-state index in [1.54, 1.807) is 18.2 Å². The van der Waals surface area contributed by atoms with Crippen molar-refractivity contribution in [3.63, 3.8) is 0 Å². The minimum absolute atomic E-state index is 0.0646. The number of hydrogen-bond acceptors (Lipinski definition) is 6. The van der Waals surface area contributed by atoms with E-state index in [0.717, 1.165) is 4.47 Å². The smallest absolute Gasteiger partial charge is 0.140 e. The summed E-state index contributed by atoms with van der Waals surface area (Å²) in [5.41, 5.74) is 1.24. The SMILES string of the molecule is OCC(O)C(O)C(O)[C@@H](O)c1nc2ccc(Br)cc2[nH]1. The van der Waals surface area contributed by atoms with E-state index in [1.807, 2.05) is 0 Å². The van der Waals surface area contributed by atoms with E-state index in [4.69, 9.17) is 5.11 Å². The zero-order valence-electron chi connectivity index (χ0n) is 10.3. The van der Waals surface area contributed by atoms with Crippen molar-refractivity contribution in [3.8, 4) is 0 Å². The summed E-state index contributed by atoms with van der Waals surface area (Å²) < 4.78 is 0.825. The molecule has 20 heavy (non-hydrogen) atoms. The quantitative estimate of drug-likeness (QED) is 0.430. The molecule has 8 heteroatoms. The Bertz CT molecular complexity index is 590. The lowest BCUT2D eigenvalue weighted by atomic mass is 10.0. The molecule has 0 fully saturated rings. The summed E-state index contributed by atoms with van der Waals surface area (Å²) in [6.45, 7) is -0.724. The first-order valence-electron chi connectivity index (χ1n) is 5.92. The third-order valence-electron chi connectivity index (χ3n) is 3.00. The Morgan fingerprint density at radius 1 is 1.15 bits per heavy atom. The Labute approximate surface area is 122 Å². The monoisotopic (exact) mass is 346 g/mol. The van der Waals surface area contributed by atoms with Crippen LogP contribution in [0.25, 0.3) is 11.0 Å². The predicted octanol–water partition coefficient (Wildman–Crippen LogP) is -0.566. The number of nitrogens with zero attached hydrogens (tertiary/aromatic N) is 1. The van der Waals surface area contributed by atoms with Crippen LogP contribution in [0.5, 0.6) is 0 Å². The van der Waals surface area contributed by atoms with Crippen LogP contribution in [0.4, 0.5) is 0 Å². The van der Waals surface area contributed by atoms with Crippen molar-refractivity contribution in [2.24, 2.45) is 0 Å². The number of hydrogen-bond donors (Lipinski definition) is 6. The van der Waals surface area contributed by atoms with Crippen LogP contribution in [0.1, 0.15) is 11.9 Å². The second kappa shape index (κ2) is 6.17. The third kappa shape index (κ3) is 3.00. The Hall–Kier alpha value is -1.03. The van der Waals surface area contributed by atoms with Crippen LogP contribution < -0.4 is 0 Å². The summed E-state index contributed by atoms with van der Waals surface area (Å²) in [5.74, 6) is 0.0646. The van der Waals surface area contributed by atoms with Gasteiger partial charge in [-0.1, -0.05) is 15.9 Å². The van der Waals surface area contributed by atoms with Crippen molar-refractivity contribution in [1.29, 1.82) is 0 Å². The van der Waals surface area contributed by atoms with Crippen LogP contribution in [0.3, 0.4) is 0 Å². The molecule has 2 rings (SSSR count). The number of aliphatic hydroxyl groups excluding tert-OH is 5. The van der Waals surface area contributed by atoms with Gasteiger partial charge in [0.15, 0.2) is 0 Å². The first kappa shape index (κ1) is 15.4. The van der Waals surface area contributed by atoms with E-state index < -0.39 is 31.0 Å². The fraction of sp³-hybridized carbons (Fsp3) is 0.417. The molecule has 2 aromatic rings. The molecule has 1 aromatic carbocycles. The van der Waals surface area contributed by atoms with Gasteiger partial charge in [-0.2, -0.15) is 0 Å². The molecule has 0 spiro atoms. The Kier molecular flexibility index (Phi) is 4.74. The highest BCUT2D eigenvalue weighted by Gasteiger charge is 2.32. The Morgan fingerprint density at radius 3 is 2.50 bits per heavy atom. The van der Waals surface area contributed by atoms with Crippen LogP contribution in [-0.4, -0.2) is 60.4 Å². The van der Waals surface area contributed by atoms with Crippen molar-refractivity contribution in [1.82, 2.24) is 9.97 Å². The normalized spacial score (nSPS) is 17.9. The molecule has 0 bridgehead atoms. The van der Waals surface area contributed by atoms with E-state index in [9.17, 15) is 20.4 Å². The Balaban J connectivity index is 2.24. The fourth-order valence-electron chi connectivity index (χ4n) is 1.83. The van der Waals surface area contributed by atoms with Crippen LogP contribution in [0, 0.1) is 0 Å². The zero-order valence-corrected chi connectivity index (χ0v) is 11.9. The highest BCUT2D eigenvalue weighted by Crippen LogP contribution is 2.23. The molecule has 110 valence electrons. The van der Waals surface area contributed by atoms with Crippen LogP contribution in [0.2, 0.25) is 0 Å². The van der Waals surface area contributed by atoms with Crippen molar-refractivity contribution in [2.45, 2.75) is 24.4 Å². The number of aliphatic hydroxyl groups is 5. The first-order valence-corrected chi connectivity index (χ1v) is 6.71. The second-order valence-electron chi connectivity index (χ2n) is 4.46. The molecule has 3 unspecified atom stereocenters.